The van der Waals surface area contributed by atoms with E-state index in [1.165, 1.54) is 35.7 Å². The van der Waals surface area contributed by atoms with Crippen molar-refractivity contribution in [3.8, 4) is 0 Å². The first-order valence-corrected chi connectivity index (χ1v) is 11.0. The molecule has 1 amide bonds. The Balaban J connectivity index is 1.59. The number of rotatable bonds is 3. The summed E-state index contributed by atoms with van der Waals surface area (Å²) in [5.41, 5.74) is 0. The molecule has 0 bridgehead atoms. The smallest absolute Gasteiger partial charge is 0.243 e. The normalized spacial score (nSPS) is 21.2. The Kier molecular flexibility index (Phi) is 6.29. The number of hydrogen-bond acceptors (Lipinski definition) is 3. The number of nitrogens with zero attached hydrogens (tertiary/aromatic N) is 2. The molecule has 5 nitrogen and oxygen atoms in total. The van der Waals surface area contributed by atoms with Crippen LogP contribution in [0.5, 0.6) is 0 Å². The van der Waals surface area contributed by atoms with Gasteiger partial charge in [-0.2, -0.15) is 4.31 Å². The average Bonchev–Trinajstić information content (AvgIpc) is 2.61. The maximum atomic E-state index is 13.0. The highest BCUT2D eigenvalue weighted by atomic mass is 32.2. The van der Waals surface area contributed by atoms with Gasteiger partial charge in [-0.05, 0) is 49.9 Å². The third-order valence-electron chi connectivity index (χ3n) is 5.42. The molecule has 144 valence electrons. The summed E-state index contributed by atoms with van der Waals surface area (Å²) in [5.74, 6) is -0.360. The van der Waals surface area contributed by atoms with Crippen molar-refractivity contribution >= 4 is 15.9 Å². The third kappa shape index (κ3) is 4.43. The molecule has 0 aliphatic carbocycles. The van der Waals surface area contributed by atoms with Crippen LogP contribution in [0.2, 0.25) is 0 Å². The van der Waals surface area contributed by atoms with Crippen molar-refractivity contribution in [3.05, 3.63) is 30.1 Å². The van der Waals surface area contributed by atoms with Gasteiger partial charge in [0, 0.05) is 32.1 Å². The number of piperidine rings is 1. The van der Waals surface area contributed by atoms with Crippen LogP contribution in [-0.4, -0.2) is 49.7 Å². The van der Waals surface area contributed by atoms with Crippen molar-refractivity contribution in [1.82, 2.24) is 9.21 Å². The second-order valence-electron chi connectivity index (χ2n) is 7.23. The molecule has 2 aliphatic heterocycles. The number of hydrogen-bond donors (Lipinski definition) is 0. The molecule has 7 heteroatoms. The summed E-state index contributed by atoms with van der Waals surface area (Å²) >= 11 is 0. The minimum absolute atomic E-state index is 0.0888. The van der Waals surface area contributed by atoms with Crippen molar-refractivity contribution in [2.24, 2.45) is 5.92 Å². The van der Waals surface area contributed by atoms with Crippen LogP contribution in [0.15, 0.2) is 29.2 Å². The summed E-state index contributed by atoms with van der Waals surface area (Å²) in [4.78, 5) is 14.9. The summed E-state index contributed by atoms with van der Waals surface area (Å²) in [7, 11) is -3.62. The molecule has 0 radical (unpaired) electrons. The Hall–Kier alpha value is -1.47. The largest absolute Gasteiger partial charge is 0.342 e. The molecule has 1 aromatic carbocycles. The molecule has 0 N–H and O–H groups in total. The van der Waals surface area contributed by atoms with Gasteiger partial charge in [0.05, 0.1) is 4.90 Å². The Morgan fingerprint density at radius 3 is 2.00 bits per heavy atom. The van der Waals surface area contributed by atoms with Crippen molar-refractivity contribution < 1.29 is 17.6 Å². The molecular weight excluding hydrogens is 355 g/mol. The Morgan fingerprint density at radius 2 is 1.42 bits per heavy atom. The van der Waals surface area contributed by atoms with E-state index in [9.17, 15) is 17.6 Å². The first-order chi connectivity index (χ1) is 12.5. The maximum absolute atomic E-state index is 13.0. The first kappa shape index (κ1) is 19.3. The standard InChI is InChI=1S/C19H27FN2O3S/c20-17-6-8-18(9-7-17)26(24,25)22-14-10-16(11-15-22)19(23)21-12-4-2-1-3-5-13-21/h6-9,16H,1-5,10-15H2. The number of amides is 1. The van der Waals surface area contributed by atoms with Gasteiger partial charge in [0.1, 0.15) is 5.82 Å². The fourth-order valence-electron chi connectivity index (χ4n) is 3.82. The second-order valence-corrected chi connectivity index (χ2v) is 9.16. The lowest BCUT2D eigenvalue weighted by Crippen LogP contribution is -2.45. The fraction of sp³-hybridized carbons (Fsp3) is 0.632. The van der Waals surface area contributed by atoms with E-state index in [1.807, 2.05) is 4.90 Å². The monoisotopic (exact) mass is 382 g/mol. The molecular formula is C19H27FN2O3S. The van der Waals surface area contributed by atoms with Gasteiger partial charge in [-0.15, -0.1) is 0 Å². The van der Waals surface area contributed by atoms with Gasteiger partial charge < -0.3 is 4.90 Å². The predicted molar refractivity (Wildman–Crippen MR) is 97.5 cm³/mol. The number of benzene rings is 1. The van der Waals surface area contributed by atoms with Crippen LogP contribution in [-0.2, 0) is 14.8 Å². The van der Waals surface area contributed by atoms with Crippen molar-refractivity contribution in [3.63, 3.8) is 0 Å². The zero-order valence-electron chi connectivity index (χ0n) is 15.1. The lowest BCUT2D eigenvalue weighted by molar-refractivity contribution is -0.137. The van der Waals surface area contributed by atoms with Crippen LogP contribution in [0.4, 0.5) is 4.39 Å². The van der Waals surface area contributed by atoms with Crippen molar-refractivity contribution in [2.75, 3.05) is 26.2 Å². The van der Waals surface area contributed by atoms with Crippen LogP contribution in [0.3, 0.4) is 0 Å². The number of carbonyl (C=O) groups is 1. The molecule has 2 fully saturated rings. The van der Waals surface area contributed by atoms with Crippen molar-refractivity contribution in [2.45, 2.75) is 49.8 Å². The Morgan fingerprint density at radius 1 is 0.885 bits per heavy atom. The number of halogens is 1. The topological polar surface area (TPSA) is 57.7 Å². The lowest BCUT2D eigenvalue weighted by atomic mass is 9.95. The maximum Gasteiger partial charge on any atom is 0.243 e. The SMILES string of the molecule is O=C(C1CCN(S(=O)(=O)c2ccc(F)cc2)CC1)N1CCCCCCC1. The average molecular weight is 383 g/mol. The van der Waals surface area contributed by atoms with E-state index in [2.05, 4.69) is 0 Å². The Labute approximate surface area is 155 Å². The van der Waals surface area contributed by atoms with Gasteiger partial charge in [-0.25, -0.2) is 12.8 Å². The zero-order chi connectivity index (χ0) is 18.6. The number of likely N-dealkylation sites (tertiary alicyclic amines) is 1. The van der Waals surface area contributed by atoms with E-state index in [0.29, 0.717) is 25.9 Å². The van der Waals surface area contributed by atoms with Gasteiger partial charge in [-0.3, -0.25) is 4.79 Å². The molecule has 0 atom stereocenters. The molecule has 26 heavy (non-hydrogen) atoms. The van der Waals surface area contributed by atoms with Crippen LogP contribution in [0, 0.1) is 11.7 Å². The van der Waals surface area contributed by atoms with Crippen LogP contribution in [0.1, 0.15) is 44.9 Å². The fourth-order valence-corrected chi connectivity index (χ4v) is 5.29. The Bertz CT molecular complexity index is 705. The number of carbonyl (C=O) groups excluding carboxylic acids is 1. The highest BCUT2D eigenvalue weighted by Crippen LogP contribution is 2.26. The van der Waals surface area contributed by atoms with E-state index < -0.39 is 15.8 Å². The highest BCUT2D eigenvalue weighted by molar-refractivity contribution is 7.89. The summed E-state index contributed by atoms with van der Waals surface area (Å²) in [6.07, 6.45) is 6.83. The second kappa shape index (κ2) is 8.48. The predicted octanol–water partition coefficient (Wildman–Crippen LogP) is 3.02. The zero-order valence-corrected chi connectivity index (χ0v) is 15.9. The van der Waals surface area contributed by atoms with E-state index >= 15 is 0 Å². The van der Waals surface area contributed by atoms with Gasteiger partial charge >= 0.3 is 0 Å². The summed E-state index contributed by atoms with van der Waals surface area (Å²) in [6, 6.07) is 4.90. The molecule has 2 saturated heterocycles. The molecule has 0 unspecified atom stereocenters. The van der Waals surface area contributed by atoms with Crippen molar-refractivity contribution in [1.29, 1.82) is 0 Å². The van der Waals surface area contributed by atoms with Gasteiger partial charge in [-0.1, -0.05) is 19.3 Å². The molecule has 1 aromatic rings. The molecule has 2 aliphatic rings. The van der Waals surface area contributed by atoms with Gasteiger partial charge in [0.25, 0.3) is 0 Å². The van der Waals surface area contributed by atoms with Gasteiger partial charge in [0.2, 0.25) is 15.9 Å². The highest BCUT2D eigenvalue weighted by Gasteiger charge is 2.33. The van der Waals surface area contributed by atoms with E-state index in [4.69, 9.17) is 0 Å². The third-order valence-corrected chi connectivity index (χ3v) is 7.34. The molecule has 0 aromatic heterocycles. The molecule has 2 heterocycles. The summed E-state index contributed by atoms with van der Waals surface area (Å²) in [6.45, 7) is 2.33. The summed E-state index contributed by atoms with van der Waals surface area (Å²) in [5, 5.41) is 0. The number of sulfonamides is 1. The van der Waals surface area contributed by atoms with Crippen LogP contribution < -0.4 is 0 Å². The lowest BCUT2D eigenvalue weighted by Gasteiger charge is -2.34. The minimum Gasteiger partial charge on any atom is -0.342 e. The van der Waals surface area contributed by atoms with E-state index in [1.54, 1.807) is 0 Å². The van der Waals surface area contributed by atoms with Gasteiger partial charge in [0.15, 0.2) is 0 Å². The summed E-state index contributed by atoms with van der Waals surface area (Å²) < 4.78 is 39.8. The minimum atomic E-state index is -3.62. The van der Waals surface area contributed by atoms with Crippen LogP contribution in [0.25, 0.3) is 0 Å². The molecule has 3 rings (SSSR count). The molecule has 0 spiro atoms. The van der Waals surface area contributed by atoms with E-state index in [0.717, 1.165) is 38.1 Å². The quantitative estimate of drug-likeness (QED) is 0.807. The first-order valence-electron chi connectivity index (χ1n) is 9.53. The van der Waals surface area contributed by atoms with Crippen LogP contribution >= 0.6 is 0 Å². The van der Waals surface area contributed by atoms with E-state index in [-0.39, 0.29) is 16.7 Å². The molecule has 0 saturated carbocycles.